The van der Waals surface area contributed by atoms with Crippen LogP contribution < -0.4 is 20.2 Å². The monoisotopic (exact) mass is 868 g/mol. The first kappa shape index (κ1) is 47.2. The highest BCUT2D eigenvalue weighted by Gasteiger charge is 2.36. The van der Waals surface area contributed by atoms with Gasteiger partial charge in [-0.05, 0) is 111 Å². The van der Waals surface area contributed by atoms with Gasteiger partial charge in [-0.1, -0.05) is 90.2 Å². The van der Waals surface area contributed by atoms with Crippen molar-refractivity contribution in [3.63, 3.8) is 0 Å². The molecular formula is C50H54B2F4N6O2. The number of hydrogen-bond acceptors (Lipinski definition) is 6. The Morgan fingerprint density at radius 3 is 1.22 bits per heavy atom. The second-order valence-corrected chi connectivity index (χ2v) is 16.0. The largest absolute Gasteiger partial charge is 0.678 e. The minimum Gasteiger partial charge on any atom is -0.494 e. The Balaban J connectivity index is 1.67. The summed E-state index contributed by atoms with van der Waals surface area (Å²) in [7, 11) is -6.56. The van der Waals surface area contributed by atoms with E-state index in [9.17, 15) is 10.5 Å². The fraction of sp³-hybridized carbons (Fsp3) is 0.360. The smallest absolute Gasteiger partial charge is 0.494 e. The molecule has 2 aromatic carbocycles. The number of aryl methyl sites for hydroxylation is 2. The van der Waals surface area contributed by atoms with Crippen molar-refractivity contribution in [2.45, 2.75) is 105 Å². The van der Waals surface area contributed by atoms with Crippen molar-refractivity contribution in [1.29, 1.82) is 10.5 Å². The number of nitrogens with zero attached hydrogens (tertiary/aromatic N) is 6. The molecule has 0 fully saturated rings. The molecule has 0 saturated heterocycles. The van der Waals surface area contributed by atoms with Crippen molar-refractivity contribution < 1.29 is 26.7 Å². The first-order valence-electron chi connectivity index (χ1n) is 22.4. The van der Waals surface area contributed by atoms with Crippen molar-refractivity contribution in [3.8, 4) is 46.2 Å². The van der Waals surface area contributed by atoms with Gasteiger partial charge in [0.25, 0.3) is 0 Å². The Bertz CT molecular complexity index is 2530. The second-order valence-electron chi connectivity index (χ2n) is 16.0. The van der Waals surface area contributed by atoms with Crippen LogP contribution in [-0.4, -0.2) is 46.9 Å². The van der Waals surface area contributed by atoms with E-state index in [1.54, 1.807) is 86.6 Å². The number of hydrogen-bond donors (Lipinski definition) is 0. The zero-order valence-corrected chi connectivity index (χ0v) is 37.1. The minimum absolute atomic E-state index is 0.0741. The summed E-state index contributed by atoms with van der Waals surface area (Å²) in [6, 6.07) is 27.0. The van der Waals surface area contributed by atoms with Gasteiger partial charge in [0.15, 0.2) is 0 Å². The normalized spacial score (nSPS) is 12.2. The Hall–Kier alpha value is -6.27. The van der Waals surface area contributed by atoms with E-state index in [0.717, 1.165) is 64.2 Å². The molecule has 0 aliphatic rings. The van der Waals surface area contributed by atoms with E-state index in [1.165, 1.54) is 25.0 Å². The molecule has 4 aromatic heterocycles. The van der Waals surface area contributed by atoms with E-state index in [1.807, 2.05) is 0 Å². The van der Waals surface area contributed by atoms with Crippen molar-refractivity contribution in [1.82, 2.24) is 18.9 Å². The predicted molar refractivity (Wildman–Crippen MR) is 249 cm³/mol. The summed E-state index contributed by atoms with van der Waals surface area (Å²) in [6.45, 7) is 8.68. The predicted octanol–water partition coefficient (Wildman–Crippen LogP) is 11.7. The van der Waals surface area contributed by atoms with Crippen LogP contribution in [0.25, 0.3) is 44.4 Å². The summed E-state index contributed by atoms with van der Waals surface area (Å²) in [5.41, 5.74) is 0.784. The number of halogens is 4. The van der Waals surface area contributed by atoms with Crippen molar-refractivity contribution in [2.24, 2.45) is 0 Å². The number of benzene rings is 2. The number of fused-ring (bicyclic) bond motifs is 1. The molecule has 0 aliphatic heterocycles. The quantitative estimate of drug-likeness (QED) is 0.0383. The summed E-state index contributed by atoms with van der Waals surface area (Å²) < 4.78 is 78.2. The maximum Gasteiger partial charge on any atom is 0.678 e. The maximum absolute atomic E-state index is 16.2. The molecule has 0 bridgehead atoms. The topological polar surface area (TPSA) is 102 Å². The Morgan fingerprint density at radius 2 is 0.891 bits per heavy atom. The highest BCUT2D eigenvalue weighted by Crippen LogP contribution is 2.37. The molecule has 0 amide bonds. The van der Waals surface area contributed by atoms with Gasteiger partial charge in [-0.25, -0.2) is 0 Å². The molecule has 0 atom stereocenters. The van der Waals surface area contributed by atoms with Crippen LogP contribution >= 0.6 is 0 Å². The highest BCUT2D eigenvalue weighted by atomic mass is 19.2. The zero-order valence-electron chi connectivity index (χ0n) is 37.1. The summed E-state index contributed by atoms with van der Waals surface area (Å²) in [5.74, 6) is 1.02. The molecule has 8 nitrogen and oxygen atoms in total. The van der Waals surface area contributed by atoms with E-state index in [0.29, 0.717) is 45.1 Å². The van der Waals surface area contributed by atoms with Gasteiger partial charge in [0.2, 0.25) is 0 Å². The number of rotatable bonds is 22. The van der Waals surface area contributed by atoms with Crippen molar-refractivity contribution >= 4 is 36.7 Å². The van der Waals surface area contributed by atoms with E-state index in [-0.39, 0.29) is 66.5 Å². The van der Waals surface area contributed by atoms with E-state index in [2.05, 4.69) is 36.0 Å². The zero-order chi connectivity index (χ0) is 45.6. The first-order chi connectivity index (χ1) is 31.1. The van der Waals surface area contributed by atoms with Crippen LogP contribution in [0.5, 0.6) is 11.5 Å². The third-order valence-electron chi connectivity index (χ3n) is 11.3. The number of unbranched alkanes of at least 4 members (excludes halogenated alkanes) is 10. The fourth-order valence-corrected chi connectivity index (χ4v) is 8.24. The lowest BCUT2D eigenvalue weighted by Crippen LogP contribution is -2.33. The Kier molecular flexibility index (Phi) is 16.9. The van der Waals surface area contributed by atoms with E-state index < -0.39 is 14.8 Å². The molecule has 0 spiro atoms. The summed E-state index contributed by atoms with van der Waals surface area (Å²) in [5, 5.41) is 21.1. The van der Waals surface area contributed by atoms with Gasteiger partial charge in [-0.15, -0.1) is 0 Å². The molecular weight excluding hydrogens is 814 g/mol. The van der Waals surface area contributed by atoms with Crippen LogP contribution in [0.2, 0.25) is 0 Å². The fourth-order valence-electron chi connectivity index (χ4n) is 8.24. The molecule has 14 heteroatoms. The average Bonchev–Trinajstić information content (AvgIpc) is 3.80. The maximum atomic E-state index is 16.2. The lowest BCUT2D eigenvalue weighted by atomic mass is 10.0. The molecule has 0 N–H and O–H groups in total. The molecule has 0 unspecified atom stereocenters. The van der Waals surface area contributed by atoms with Gasteiger partial charge in [0.1, 0.15) is 34.8 Å². The molecule has 6 rings (SSSR count). The third-order valence-corrected chi connectivity index (χ3v) is 11.3. The van der Waals surface area contributed by atoms with E-state index >= 15 is 17.3 Å². The minimum atomic E-state index is -3.28. The van der Waals surface area contributed by atoms with Gasteiger partial charge in [-0.3, -0.25) is 27.2 Å². The van der Waals surface area contributed by atoms with Crippen LogP contribution in [0, 0.1) is 36.5 Å². The lowest BCUT2D eigenvalue weighted by Gasteiger charge is -2.14. The summed E-state index contributed by atoms with van der Waals surface area (Å²) >= 11 is 0. The van der Waals surface area contributed by atoms with Gasteiger partial charge >= 0.3 is 14.8 Å². The number of nitriles is 2. The Morgan fingerprint density at radius 1 is 0.531 bits per heavy atom. The summed E-state index contributed by atoms with van der Waals surface area (Å²) in [6.07, 6.45) is 13.0. The van der Waals surface area contributed by atoms with Crippen LogP contribution in [0.3, 0.4) is 0 Å². The van der Waals surface area contributed by atoms with Crippen LogP contribution in [-0.2, 0) is 0 Å². The molecule has 4 heterocycles. The standard InChI is InChI=1S/C50H54B2F4N6O2/c1-5-7-9-11-13-15-31-63-39-27-23-37(24-28-39)47-45-46(50(61(47)51(53)54)42(34-58)44-22-18-20-36(4)60-44)48(38-25-29-40(30-26-38)64-32-16-14-12-10-8-6-2)62(52(55)56)49(45)41(33-57)43-21-17-19-35(3)59-43/h17-30H,5-16,31-32H2,1-4H3/b49-41-,50-42-. The third kappa shape index (κ3) is 10.9. The molecule has 0 saturated carbocycles. The number of aromatic nitrogens is 4. The lowest BCUT2D eigenvalue weighted by molar-refractivity contribution is 0.304. The number of ether oxygens (including phenoxy) is 2. The molecule has 330 valence electrons. The second kappa shape index (κ2) is 22.9. The molecule has 0 radical (unpaired) electrons. The van der Waals surface area contributed by atoms with Crippen LogP contribution in [0.1, 0.15) is 114 Å². The highest BCUT2D eigenvalue weighted by molar-refractivity contribution is 6.45. The average molecular weight is 869 g/mol. The van der Waals surface area contributed by atoms with Gasteiger partial charge < -0.3 is 18.4 Å². The molecule has 0 aliphatic carbocycles. The van der Waals surface area contributed by atoms with Gasteiger partial charge in [0.05, 0.1) is 46.7 Å². The summed E-state index contributed by atoms with van der Waals surface area (Å²) in [4.78, 5) is 9.10. The van der Waals surface area contributed by atoms with Gasteiger partial charge in [0, 0.05) is 22.2 Å². The molecule has 64 heavy (non-hydrogen) atoms. The SMILES string of the molecule is CCCCCCCCOc1ccc(-c2c3/c(=C(\C#N)c4cccc(C)n4)n(B(F)F)c(-c4ccc(OCCCCCCCC)cc4)c3/c(=C(\C#N)c3cccc(C)n3)n2B(F)F)cc1. The number of pyridine rings is 2. The van der Waals surface area contributed by atoms with Crippen LogP contribution in [0.4, 0.5) is 17.3 Å². The molecule has 6 aromatic rings. The van der Waals surface area contributed by atoms with Crippen molar-refractivity contribution in [2.75, 3.05) is 13.2 Å². The Labute approximate surface area is 374 Å². The van der Waals surface area contributed by atoms with Crippen LogP contribution in [0.15, 0.2) is 84.9 Å². The van der Waals surface area contributed by atoms with E-state index in [4.69, 9.17) is 9.47 Å². The van der Waals surface area contributed by atoms with Crippen molar-refractivity contribution in [3.05, 3.63) is 118 Å². The van der Waals surface area contributed by atoms with Gasteiger partial charge in [-0.2, -0.15) is 10.5 Å². The first-order valence-corrected chi connectivity index (χ1v) is 22.4.